The Morgan fingerprint density at radius 3 is 2.24 bits per heavy atom. The van der Waals surface area contributed by atoms with Crippen LogP contribution in [0.5, 0.6) is 5.75 Å². The fourth-order valence-corrected chi connectivity index (χ4v) is 2.28. The maximum absolute atomic E-state index is 13.5. The maximum Gasteiger partial charge on any atom is 0.167 e. The quantitative estimate of drug-likeness (QED) is 0.614. The summed E-state index contributed by atoms with van der Waals surface area (Å²) in [4.78, 5) is 0. The highest BCUT2D eigenvalue weighted by molar-refractivity contribution is 5.41. The van der Waals surface area contributed by atoms with E-state index in [1.165, 1.54) is 12.1 Å². The van der Waals surface area contributed by atoms with E-state index in [1.807, 2.05) is 54.6 Å². The van der Waals surface area contributed by atoms with Crippen LogP contribution in [0.1, 0.15) is 11.1 Å². The van der Waals surface area contributed by atoms with Gasteiger partial charge in [-0.1, -0.05) is 42.5 Å². The van der Waals surface area contributed by atoms with E-state index in [0.717, 1.165) is 22.9 Å². The summed E-state index contributed by atoms with van der Waals surface area (Å²) in [5.41, 5.74) is 9.26. The van der Waals surface area contributed by atoms with Crippen LogP contribution in [0.15, 0.2) is 72.8 Å². The van der Waals surface area contributed by atoms with Crippen LogP contribution in [-0.4, -0.2) is 0 Å². The molecule has 3 nitrogen and oxygen atoms in total. The Morgan fingerprint density at radius 2 is 1.52 bits per heavy atom. The lowest BCUT2D eigenvalue weighted by Crippen LogP contribution is -2.20. The van der Waals surface area contributed by atoms with Crippen molar-refractivity contribution in [1.82, 2.24) is 5.43 Å². The predicted molar refractivity (Wildman–Crippen MR) is 94.0 cm³/mol. The molecule has 25 heavy (non-hydrogen) atoms. The van der Waals surface area contributed by atoms with Crippen LogP contribution < -0.4 is 15.6 Å². The number of ether oxygens (including phenoxy) is 1. The molecule has 0 bridgehead atoms. The normalized spacial score (nSPS) is 10.5. The summed E-state index contributed by atoms with van der Waals surface area (Å²) >= 11 is 0. The number of hydrogen-bond donors (Lipinski definition) is 2. The highest BCUT2D eigenvalue weighted by atomic mass is 19.1. The number of nitrogens with one attached hydrogen (secondary N) is 2. The lowest BCUT2D eigenvalue weighted by atomic mass is 10.1. The highest BCUT2D eigenvalue weighted by Crippen LogP contribution is 2.19. The molecule has 0 spiro atoms. The molecule has 128 valence electrons. The minimum Gasteiger partial charge on any atom is -0.486 e. The topological polar surface area (TPSA) is 33.3 Å². The van der Waals surface area contributed by atoms with Crippen molar-refractivity contribution in [2.75, 3.05) is 5.43 Å². The van der Waals surface area contributed by atoms with Crippen LogP contribution in [0.4, 0.5) is 14.5 Å². The molecule has 5 heteroatoms. The minimum absolute atomic E-state index is 0.0409. The van der Waals surface area contributed by atoms with Gasteiger partial charge in [-0.15, -0.1) is 0 Å². The van der Waals surface area contributed by atoms with Crippen molar-refractivity contribution >= 4 is 5.69 Å². The third kappa shape index (κ3) is 5.02. The van der Waals surface area contributed by atoms with Gasteiger partial charge in [-0.2, -0.15) is 0 Å². The first-order valence-corrected chi connectivity index (χ1v) is 7.90. The number of para-hydroxylation sites is 1. The van der Waals surface area contributed by atoms with Crippen molar-refractivity contribution in [2.45, 2.75) is 13.2 Å². The molecule has 0 aliphatic rings. The van der Waals surface area contributed by atoms with Gasteiger partial charge in [-0.25, -0.2) is 14.2 Å². The van der Waals surface area contributed by atoms with E-state index in [4.69, 9.17) is 4.74 Å². The molecule has 3 aromatic rings. The molecule has 0 heterocycles. The lowest BCUT2D eigenvalue weighted by molar-refractivity contribution is 0.289. The number of rotatable bonds is 7. The van der Waals surface area contributed by atoms with Crippen LogP contribution in [-0.2, 0) is 13.2 Å². The Labute approximate surface area is 145 Å². The van der Waals surface area contributed by atoms with Crippen LogP contribution in [0.2, 0.25) is 0 Å². The van der Waals surface area contributed by atoms with E-state index in [2.05, 4.69) is 10.9 Å². The van der Waals surface area contributed by atoms with Crippen LogP contribution in [0, 0.1) is 11.6 Å². The highest BCUT2D eigenvalue weighted by Gasteiger charge is 2.05. The Morgan fingerprint density at radius 1 is 0.800 bits per heavy atom. The Balaban J connectivity index is 1.48. The maximum atomic E-state index is 13.5. The molecule has 0 aliphatic heterocycles. The first-order chi connectivity index (χ1) is 12.2. The van der Waals surface area contributed by atoms with Crippen molar-refractivity contribution in [2.24, 2.45) is 0 Å². The zero-order chi connectivity index (χ0) is 17.5. The molecule has 0 atom stereocenters. The van der Waals surface area contributed by atoms with Gasteiger partial charge < -0.3 is 10.2 Å². The van der Waals surface area contributed by atoms with Crippen LogP contribution in [0.25, 0.3) is 0 Å². The Kier molecular flexibility index (Phi) is 5.59. The van der Waals surface area contributed by atoms with Gasteiger partial charge in [0.2, 0.25) is 0 Å². The van der Waals surface area contributed by atoms with E-state index < -0.39 is 11.6 Å². The van der Waals surface area contributed by atoms with Gasteiger partial charge in [-0.3, -0.25) is 0 Å². The zero-order valence-electron chi connectivity index (χ0n) is 13.5. The number of anilines is 1. The number of benzene rings is 3. The molecule has 0 unspecified atom stereocenters. The molecule has 3 aromatic carbocycles. The fourth-order valence-electron chi connectivity index (χ4n) is 2.28. The van der Waals surface area contributed by atoms with E-state index in [9.17, 15) is 8.78 Å². The Hall–Kier alpha value is -2.92. The zero-order valence-corrected chi connectivity index (χ0v) is 13.5. The van der Waals surface area contributed by atoms with E-state index in [1.54, 1.807) is 0 Å². The lowest BCUT2D eigenvalue weighted by Gasteiger charge is -2.10. The van der Waals surface area contributed by atoms with Gasteiger partial charge in [0.1, 0.15) is 12.4 Å². The van der Waals surface area contributed by atoms with Crippen LogP contribution in [0.3, 0.4) is 0 Å². The molecule has 0 amide bonds. The average Bonchev–Trinajstić information content (AvgIpc) is 2.63. The van der Waals surface area contributed by atoms with Gasteiger partial charge in [-0.05, 0) is 35.4 Å². The summed E-state index contributed by atoms with van der Waals surface area (Å²) in [5, 5.41) is 0. The molecule has 0 aromatic heterocycles. The summed E-state index contributed by atoms with van der Waals surface area (Å²) in [6, 6.07) is 20.9. The van der Waals surface area contributed by atoms with Gasteiger partial charge in [0, 0.05) is 18.3 Å². The molecule has 0 saturated heterocycles. The average molecular weight is 340 g/mol. The Bertz CT molecular complexity index is 808. The van der Waals surface area contributed by atoms with Gasteiger partial charge in [0.15, 0.2) is 11.6 Å². The SMILES string of the molecule is Fc1ccc(OCc2ccc(CNNc3ccccc3)cc2)c(F)c1. The van der Waals surface area contributed by atoms with Crippen molar-refractivity contribution in [3.8, 4) is 5.75 Å². The minimum atomic E-state index is -0.701. The molecule has 3 rings (SSSR count). The number of halogens is 2. The summed E-state index contributed by atoms with van der Waals surface area (Å²) < 4.78 is 31.8. The summed E-state index contributed by atoms with van der Waals surface area (Å²) in [6.45, 7) is 0.876. The van der Waals surface area contributed by atoms with Crippen molar-refractivity contribution in [1.29, 1.82) is 0 Å². The van der Waals surface area contributed by atoms with E-state index in [0.29, 0.717) is 6.54 Å². The molecule has 2 N–H and O–H groups in total. The van der Waals surface area contributed by atoms with Crippen LogP contribution >= 0.6 is 0 Å². The van der Waals surface area contributed by atoms with Crippen molar-refractivity contribution < 1.29 is 13.5 Å². The summed E-state index contributed by atoms with van der Waals surface area (Å²) in [7, 11) is 0. The summed E-state index contributed by atoms with van der Waals surface area (Å²) in [5.74, 6) is -1.28. The first kappa shape index (κ1) is 16.9. The molecule has 0 fully saturated rings. The van der Waals surface area contributed by atoms with E-state index in [-0.39, 0.29) is 12.4 Å². The third-order valence-electron chi connectivity index (χ3n) is 3.61. The standard InChI is InChI=1S/C20H18F2N2O/c21-17-10-11-20(19(22)12-17)25-14-16-8-6-15(7-9-16)13-23-24-18-4-2-1-3-5-18/h1-12,23-24H,13-14H2. The fraction of sp³-hybridized carbons (Fsp3) is 0.100. The third-order valence-corrected chi connectivity index (χ3v) is 3.61. The second kappa shape index (κ2) is 8.26. The largest absolute Gasteiger partial charge is 0.486 e. The molecule has 0 radical (unpaired) electrons. The van der Waals surface area contributed by atoms with Crippen molar-refractivity contribution in [3.63, 3.8) is 0 Å². The number of hydrazine groups is 1. The van der Waals surface area contributed by atoms with Gasteiger partial charge in [0.05, 0.1) is 0 Å². The van der Waals surface area contributed by atoms with Gasteiger partial charge in [0.25, 0.3) is 0 Å². The second-order valence-corrected chi connectivity index (χ2v) is 5.52. The second-order valence-electron chi connectivity index (χ2n) is 5.52. The molecule has 0 saturated carbocycles. The smallest absolute Gasteiger partial charge is 0.167 e. The van der Waals surface area contributed by atoms with Crippen molar-refractivity contribution in [3.05, 3.63) is 95.6 Å². The first-order valence-electron chi connectivity index (χ1n) is 7.90. The molecular weight excluding hydrogens is 322 g/mol. The molecule has 0 aliphatic carbocycles. The number of hydrogen-bond acceptors (Lipinski definition) is 3. The monoisotopic (exact) mass is 340 g/mol. The predicted octanol–water partition coefficient (Wildman–Crippen LogP) is 4.66. The summed E-state index contributed by atoms with van der Waals surface area (Å²) in [6.07, 6.45) is 0. The van der Waals surface area contributed by atoms with E-state index >= 15 is 0 Å². The van der Waals surface area contributed by atoms with Gasteiger partial charge >= 0.3 is 0 Å². The molecular formula is C20H18F2N2O.